The molecule has 0 fully saturated rings. The molecule has 0 amide bonds. The van der Waals surface area contributed by atoms with Crippen molar-refractivity contribution in [2.45, 2.75) is 20.4 Å². The van der Waals surface area contributed by atoms with E-state index in [4.69, 9.17) is 16.3 Å². The highest BCUT2D eigenvalue weighted by Gasteiger charge is 2.21. The zero-order chi connectivity index (χ0) is 16.6. The molecule has 2 rings (SSSR count). The average molecular weight is 334 g/mol. The van der Waals surface area contributed by atoms with E-state index in [0.717, 1.165) is 12.1 Å². The number of halogens is 4. The molecule has 0 saturated heterocycles. The standard InChI is InChI=1S/C13H11ClF3N3O2/c1-6(2)22-11-5-10(9(15)4-8(11)14)20-13(21)19(12(16)17)7(3)18-20/h4-5,12H,1H2,2-3H3. The SMILES string of the molecule is C=C(C)Oc1cc(-n2nc(C)n(C(F)F)c2=O)c(F)cc1Cl. The lowest BCUT2D eigenvalue weighted by atomic mass is 10.3. The Labute approximate surface area is 128 Å². The van der Waals surface area contributed by atoms with Gasteiger partial charge < -0.3 is 4.74 Å². The van der Waals surface area contributed by atoms with E-state index in [1.807, 2.05) is 0 Å². The van der Waals surface area contributed by atoms with E-state index in [0.29, 0.717) is 4.68 Å². The van der Waals surface area contributed by atoms with Gasteiger partial charge in [0, 0.05) is 6.07 Å². The Morgan fingerprint density at radius 2 is 2.09 bits per heavy atom. The number of ether oxygens (including phenoxy) is 1. The largest absolute Gasteiger partial charge is 0.461 e. The number of aryl methyl sites for hydroxylation is 1. The molecule has 0 aliphatic rings. The van der Waals surface area contributed by atoms with Crippen LogP contribution in [0.25, 0.3) is 5.69 Å². The van der Waals surface area contributed by atoms with Crippen LogP contribution in [-0.4, -0.2) is 14.3 Å². The van der Waals surface area contributed by atoms with Crippen LogP contribution in [-0.2, 0) is 0 Å². The highest BCUT2D eigenvalue weighted by atomic mass is 35.5. The van der Waals surface area contributed by atoms with Crippen molar-refractivity contribution in [1.82, 2.24) is 14.3 Å². The summed E-state index contributed by atoms with van der Waals surface area (Å²) in [5.41, 5.74) is -1.52. The number of allylic oxidation sites excluding steroid dienone is 1. The highest BCUT2D eigenvalue weighted by Crippen LogP contribution is 2.30. The van der Waals surface area contributed by atoms with Crippen molar-refractivity contribution in [2.24, 2.45) is 0 Å². The van der Waals surface area contributed by atoms with Crippen molar-refractivity contribution in [1.29, 1.82) is 0 Å². The Kier molecular flexibility index (Phi) is 4.32. The monoisotopic (exact) mass is 333 g/mol. The fraction of sp³-hybridized carbons (Fsp3) is 0.231. The minimum atomic E-state index is -3.08. The van der Waals surface area contributed by atoms with Gasteiger partial charge in [0.15, 0.2) is 5.82 Å². The molecule has 0 saturated carbocycles. The van der Waals surface area contributed by atoms with Crippen LogP contribution in [0.15, 0.2) is 29.3 Å². The number of hydrogen-bond acceptors (Lipinski definition) is 3. The maximum absolute atomic E-state index is 14.0. The zero-order valence-electron chi connectivity index (χ0n) is 11.6. The third kappa shape index (κ3) is 2.87. The Balaban J connectivity index is 2.65. The predicted octanol–water partition coefficient (Wildman–Crippen LogP) is 3.44. The zero-order valence-corrected chi connectivity index (χ0v) is 12.4. The van der Waals surface area contributed by atoms with Gasteiger partial charge in [-0.15, -0.1) is 5.10 Å². The molecular formula is C13H11ClF3N3O2. The summed E-state index contributed by atoms with van der Waals surface area (Å²) >= 11 is 5.82. The molecule has 118 valence electrons. The summed E-state index contributed by atoms with van der Waals surface area (Å²) in [6.45, 7) is 3.19. The first-order valence-electron chi connectivity index (χ1n) is 6.01. The van der Waals surface area contributed by atoms with Crippen molar-refractivity contribution in [3.63, 3.8) is 0 Å². The molecule has 0 aliphatic heterocycles. The second kappa shape index (κ2) is 5.88. The van der Waals surface area contributed by atoms with Gasteiger partial charge in [0.1, 0.15) is 17.3 Å². The molecule has 1 aromatic heterocycles. The smallest absolute Gasteiger partial charge is 0.355 e. The molecule has 0 atom stereocenters. The first-order chi connectivity index (χ1) is 10.2. The van der Waals surface area contributed by atoms with Gasteiger partial charge in [-0.3, -0.25) is 0 Å². The first-order valence-corrected chi connectivity index (χ1v) is 6.39. The molecule has 5 nitrogen and oxygen atoms in total. The third-order valence-electron chi connectivity index (χ3n) is 2.69. The lowest BCUT2D eigenvalue weighted by Gasteiger charge is -2.09. The molecule has 0 unspecified atom stereocenters. The minimum absolute atomic E-state index is 0.0294. The summed E-state index contributed by atoms with van der Waals surface area (Å²) in [5, 5.41) is 3.59. The fourth-order valence-corrected chi connectivity index (χ4v) is 1.99. The van der Waals surface area contributed by atoms with Gasteiger partial charge in [0.25, 0.3) is 0 Å². The number of aromatic nitrogens is 3. The van der Waals surface area contributed by atoms with Crippen LogP contribution in [0.1, 0.15) is 19.3 Å². The first kappa shape index (κ1) is 16.2. The van der Waals surface area contributed by atoms with Gasteiger partial charge in [0.2, 0.25) is 0 Å². The summed E-state index contributed by atoms with van der Waals surface area (Å²) in [5.74, 6) is -0.848. The maximum Gasteiger partial charge on any atom is 0.355 e. The number of rotatable bonds is 4. The van der Waals surface area contributed by atoms with Gasteiger partial charge in [-0.25, -0.2) is 13.8 Å². The Bertz CT molecular complexity index is 799. The second-order valence-electron chi connectivity index (χ2n) is 4.43. The van der Waals surface area contributed by atoms with Gasteiger partial charge in [-0.1, -0.05) is 18.2 Å². The van der Waals surface area contributed by atoms with Crippen LogP contribution in [0.4, 0.5) is 13.2 Å². The van der Waals surface area contributed by atoms with Crippen LogP contribution in [0.3, 0.4) is 0 Å². The van der Waals surface area contributed by atoms with E-state index in [1.54, 1.807) is 6.92 Å². The van der Waals surface area contributed by atoms with Gasteiger partial charge >= 0.3 is 12.2 Å². The second-order valence-corrected chi connectivity index (χ2v) is 4.83. The lowest BCUT2D eigenvalue weighted by Crippen LogP contribution is -2.25. The minimum Gasteiger partial charge on any atom is -0.461 e. The van der Waals surface area contributed by atoms with Crippen molar-refractivity contribution in [3.05, 3.63) is 51.6 Å². The molecule has 22 heavy (non-hydrogen) atoms. The van der Waals surface area contributed by atoms with Crippen LogP contribution in [0.5, 0.6) is 5.75 Å². The van der Waals surface area contributed by atoms with Crippen molar-refractivity contribution >= 4 is 11.6 Å². The van der Waals surface area contributed by atoms with Gasteiger partial charge in [-0.2, -0.15) is 13.5 Å². The van der Waals surface area contributed by atoms with Crippen molar-refractivity contribution < 1.29 is 17.9 Å². The number of benzene rings is 1. The van der Waals surface area contributed by atoms with E-state index in [9.17, 15) is 18.0 Å². The van der Waals surface area contributed by atoms with Crippen LogP contribution >= 0.6 is 11.6 Å². The van der Waals surface area contributed by atoms with Crippen LogP contribution < -0.4 is 10.4 Å². The molecule has 0 bridgehead atoms. The third-order valence-corrected chi connectivity index (χ3v) is 2.98. The molecule has 1 aromatic carbocycles. The maximum atomic E-state index is 14.0. The lowest BCUT2D eigenvalue weighted by molar-refractivity contribution is 0.0640. The van der Waals surface area contributed by atoms with Gasteiger partial charge in [-0.05, 0) is 19.9 Å². The summed E-state index contributed by atoms with van der Waals surface area (Å²) in [6.07, 6.45) is 0. The van der Waals surface area contributed by atoms with E-state index in [-0.39, 0.29) is 32.6 Å². The molecule has 9 heteroatoms. The summed E-state index contributed by atoms with van der Waals surface area (Å²) < 4.78 is 45.5. The Morgan fingerprint density at radius 1 is 1.45 bits per heavy atom. The molecule has 0 radical (unpaired) electrons. The predicted molar refractivity (Wildman–Crippen MR) is 74.2 cm³/mol. The molecule has 2 aromatic rings. The average Bonchev–Trinajstić information content (AvgIpc) is 2.67. The van der Waals surface area contributed by atoms with Crippen LogP contribution in [0, 0.1) is 12.7 Å². The molecule has 0 aliphatic carbocycles. The molecule has 0 N–H and O–H groups in total. The number of nitrogens with zero attached hydrogens (tertiary/aromatic N) is 3. The fourth-order valence-electron chi connectivity index (χ4n) is 1.80. The highest BCUT2D eigenvalue weighted by molar-refractivity contribution is 6.32. The summed E-state index contributed by atoms with van der Waals surface area (Å²) in [6, 6.07) is 1.99. The molecule has 0 spiro atoms. The van der Waals surface area contributed by atoms with E-state index in [2.05, 4.69) is 11.7 Å². The molecular weight excluding hydrogens is 323 g/mol. The van der Waals surface area contributed by atoms with Gasteiger partial charge in [0.05, 0.1) is 10.8 Å². The quantitative estimate of drug-likeness (QED) is 0.805. The van der Waals surface area contributed by atoms with Crippen molar-refractivity contribution in [2.75, 3.05) is 0 Å². The number of hydrogen-bond donors (Lipinski definition) is 0. The normalized spacial score (nSPS) is 11.0. The van der Waals surface area contributed by atoms with Crippen LogP contribution in [0.2, 0.25) is 5.02 Å². The topological polar surface area (TPSA) is 49.0 Å². The van der Waals surface area contributed by atoms with E-state index < -0.39 is 18.1 Å². The molecule has 1 heterocycles. The number of alkyl halides is 2. The Hall–Kier alpha value is -2.22. The van der Waals surface area contributed by atoms with E-state index in [1.165, 1.54) is 6.92 Å². The van der Waals surface area contributed by atoms with Crippen molar-refractivity contribution in [3.8, 4) is 11.4 Å². The summed E-state index contributed by atoms with van der Waals surface area (Å²) in [4.78, 5) is 11.9. The summed E-state index contributed by atoms with van der Waals surface area (Å²) in [7, 11) is 0. The Morgan fingerprint density at radius 3 is 2.59 bits per heavy atom. The van der Waals surface area contributed by atoms with E-state index >= 15 is 0 Å².